The molecule has 0 atom stereocenters. The molecule has 0 spiro atoms. The number of halogens is 4. The van der Waals surface area contributed by atoms with Crippen molar-refractivity contribution >= 4 is 64.5 Å². The fourth-order valence-corrected chi connectivity index (χ4v) is 3.40. The van der Waals surface area contributed by atoms with Gasteiger partial charge in [-0.1, -0.05) is 46.9 Å². The van der Waals surface area contributed by atoms with E-state index in [1.54, 1.807) is 48.5 Å². The number of rotatable bonds is 6. The monoisotopic (exact) mass is 663 g/mol. The Balaban J connectivity index is -0.000000505. The number of aliphatic hydroxyl groups is 1. The molecule has 13 heteroatoms. The van der Waals surface area contributed by atoms with Crippen LogP contribution in [-0.2, 0) is 0 Å². The number of carbonyl (C=O) groups is 2. The molecule has 4 rings (SSSR count). The standard InChI is InChI=1S/C11H14ClNO.C9H9ClN2.C8H7ClO.CH4O.ClH.H4N2.H2O/c1-13(2)8-7-11(14)9-3-5-10(12)6-4-9;10-8-3-1-7(2-4-8)9-5-6-11-12-9;1-6(10)7-2-4-8(9)5-3-7;1-2;;1-2;/h3-6H,7-8H2,1-2H3;1-4,11H,5-6H2;2-5H,1H3;2H,1H3;1H;1-2H2;1H2. The summed E-state index contributed by atoms with van der Waals surface area (Å²) in [5, 5.41) is 13.2. The van der Waals surface area contributed by atoms with Crippen LogP contribution in [0.15, 0.2) is 77.9 Å². The lowest BCUT2D eigenvalue weighted by atomic mass is 10.1. The average molecular weight is 665 g/mol. The Morgan fingerprint density at radius 1 is 0.833 bits per heavy atom. The minimum atomic E-state index is 0. The van der Waals surface area contributed by atoms with Crippen LogP contribution in [0.25, 0.3) is 0 Å². The molecule has 0 aromatic heterocycles. The Kier molecular flexibility index (Phi) is 27.3. The largest absolute Gasteiger partial charge is 0.412 e. The SMILES string of the molecule is CC(=O)c1ccc(Cl)cc1.CN(C)CCC(=O)c1ccc(Cl)cc1.CO.Cl.Clc1ccc(C2=NNCC2)cc1.NN.O. The van der Waals surface area contributed by atoms with Gasteiger partial charge in [0.2, 0.25) is 0 Å². The molecule has 0 fully saturated rings. The molecule has 9 nitrogen and oxygen atoms in total. The first-order valence-electron chi connectivity index (χ1n) is 12.2. The van der Waals surface area contributed by atoms with Gasteiger partial charge in [0.25, 0.3) is 0 Å². The Morgan fingerprint density at radius 2 is 1.24 bits per heavy atom. The maximum Gasteiger partial charge on any atom is 0.164 e. The van der Waals surface area contributed by atoms with Gasteiger partial charge in [-0.25, -0.2) is 0 Å². The molecule has 234 valence electrons. The molecular weight excluding hydrogens is 624 g/mol. The van der Waals surface area contributed by atoms with Crippen molar-refractivity contribution in [2.45, 2.75) is 19.8 Å². The number of nitrogens with zero attached hydrogens (tertiary/aromatic N) is 2. The summed E-state index contributed by atoms with van der Waals surface area (Å²) in [7, 11) is 4.91. The third-order valence-corrected chi connectivity index (χ3v) is 5.82. The maximum absolute atomic E-state index is 11.6. The Hall–Kier alpha value is -2.57. The Morgan fingerprint density at radius 3 is 1.60 bits per heavy atom. The minimum Gasteiger partial charge on any atom is -0.412 e. The maximum atomic E-state index is 11.6. The van der Waals surface area contributed by atoms with Crippen LogP contribution in [0.2, 0.25) is 15.1 Å². The van der Waals surface area contributed by atoms with Crippen LogP contribution in [0.4, 0.5) is 0 Å². The van der Waals surface area contributed by atoms with Crippen LogP contribution in [0.1, 0.15) is 46.0 Å². The van der Waals surface area contributed by atoms with E-state index in [2.05, 4.69) is 22.2 Å². The first-order valence-corrected chi connectivity index (χ1v) is 13.3. The second-order valence-corrected chi connectivity index (χ2v) is 9.58. The summed E-state index contributed by atoms with van der Waals surface area (Å²) >= 11 is 17.1. The number of carbonyl (C=O) groups excluding carboxylic acids is 2. The summed E-state index contributed by atoms with van der Waals surface area (Å²) in [4.78, 5) is 24.3. The van der Waals surface area contributed by atoms with Crippen LogP contribution in [0.3, 0.4) is 0 Å². The smallest absolute Gasteiger partial charge is 0.164 e. The van der Waals surface area contributed by atoms with Crippen molar-refractivity contribution in [3.05, 3.63) is 105 Å². The molecule has 1 aliphatic heterocycles. The van der Waals surface area contributed by atoms with Gasteiger partial charge in [-0.3, -0.25) is 21.3 Å². The number of Topliss-reactive ketones (excluding diaryl/α,β-unsaturated/α-hetero) is 2. The van der Waals surface area contributed by atoms with Gasteiger partial charge in [-0.2, -0.15) is 5.10 Å². The zero-order valence-corrected chi connectivity index (χ0v) is 27.2. The topological polar surface area (TPSA) is 166 Å². The highest BCUT2D eigenvalue weighted by Gasteiger charge is 2.08. The Labute approximate surface area is 269 Å². The lowest BCUT2D eigenvalue weighted by Gasteiger charge is -2.08. The number of aliphatic hydroxyl groups excluding tert-OH is 1. The second kappa shape index (κ2) is 26.1. The van der Waals surface area contributed by atoms with Crippen molar-refractivity contribution in [1.82, 2.24) is 10.3 Å². The molecule has 0 aliphatic carbocycles. The highest BCUT2D eigenvalue weighted by molar-refractivity contribution is 6.31. The van der Waals surface area contributed by atoms with Crippen molar-refractivity contribution in [2.24, 2.45) is 16.8 Å². The Bertz CT molecular complexity index is 1160. The van der Waals surface area contributed by atoms with E-state index in [0.29, 0.717) is 22.0 Å². The summed E-state index contributed by atoms with van der Waals surface area (Å²) in [5.74, 6) is 8.23. The van der Waals surface area contributed by atoms with Crippen molar-refractivity contribution in [3.8, 4) is 0 Å². The predicted octanol–water partition coefficient (Wildman–Crippen LogP) is 5.08. The van der Waals surface area contributed by atoms with E-state index >= 15 is 0 Å². The molecule has 0 saturated heterocycles. The minimum absolute atomic E-state index is 0. The van der Waals surface area contributed by atoms with Gasteiger partial charge < -0.3 is 20.9 Å². The van der Waals surface area contributed by atoms with Gasteiger partial charge in [0.15, 0.2) is 11.6 Å². The predicted molar refractivity (Wildman–Crippen MR) is 178 cm³/mol. The lowest BCUT2D eigenvalue weighted by Crippen LogP contribution is -2.16. The lowest BCUT2D eigenvalue weighted by molar-refractivity contribution is 0.0971. The van der Waals surface area contributed by atoms with Crippen LogP contribution in [0.5, 0.6) is 0 Å². The summed E-state index contributed by atoms with van der Waals surface area (Å²) in [6.07, 6.45) is 1.55. The van der Waals surface area contributed by atoms with Gasteiger partial charge in [-0.05, 0) is 87.2 Å². The fraction of sp³-hybridized carbons (Fsp3) is 0.276. The summed E-state index contributed by atoms with van der Waals surface area (Å²) in [6.45, 7) is 3.25. The number of hydrazine groups is 1. The van der Waals surface area contributed by atoms with Crippen LogP contribution >= 0.6 is 47.2 Å². The van der Waals surface area contributed by atoms with E-state index in [1.165, 1.54) is 6.92 Å². The van der Waals surface area contributed by atoms with Gasteiger partial charge in [0.1, 0.15) is 0 Å². The highest BCUT2D eigenvalue weighted by atomic mass is 35.5. The number of benzene rings is 3. The van der Waals surface area contributed by atoms with E-state index < -0.39 is 0 Å². The second-order valence-electron chi connectivity index (χ2n) is 8.27. The van der Waals surface area contributed by atoms with Crippen LogP contribution in [0, 0.1) is 0 Å². The van der Waals surface area contributed by atoms with E-state index in [-0.39, 0.29) is 29.4 Å². The van der Waals surface area contributed by atoms with Gasteiger partial charge in [0.05, 0.1) is 5.71 Å². The molecule has 0 saturated carbocycles. The quantitative estimate of drug-likeness (QED) is 0.162. The fourth-order valence-electron chi connectivity index (χ4n) is 3.02. The van der Waals surface area contributed by atoms with Crippen molar-refractivity contribution in [3.63, 3.8) is 0 Å². The summed E-state index contributed by atoms with van der Waals surface area (Å²) in [5.41, 5.74) is 6.65. The molecule has 1 heterocycles. The van der Waals surface area contributed by atoms with Crippen molar-refractivity contribution < 1.29 is 20.2 Å². The van der Waals surface area contributed by atoms with E-state index in [0.717, 1.165) is 48.5 Å². The number of nitrogens with one attached hydrogen (secondary N) is 1. The molecule has 0 bridgehead atoms. The molecule has 3 aromatic rings. The van der Waals surface area contributed by atoms with Crippen molar-refractivity contribution in [1.29, 1.82) is 0 Å². The zero-order chi connectivity index (χ0) is 30.5. The number of hydrazone groups is 1. The normalized spacial score (nSPS) is 10.5. The zero-order valence-electron chi connectivity index (χ0n) is 24.1. The first-order chi connectivity index (χ1) is 19.2. The molecule has 3 aromatic carbocycles. The first kappa shape index (κ1) is 43.9. The molecule has 0 radical (unpaired) electrons. The number of ketones is 2. The summed E-state index contributed by atoms with van der Waals surface area (Å²) < 4.78 is 0. The third kappa shape index (κ3) is 18.8. The highest BCUT2D eigenvalue weighted by Crippen LogP contribution is 2.13. The molecule has 1 aliphatic rings. The van der Waals surface area contributed by atoms with E-state index in [4.69, 9.17) is 39.9 Å². The number of hydrogen-bond donors (Lipinski definition) is 4. The van der Waals surface area contributed by atoms with E-state index in [1.807, 2.05) is 43.3 Å². The molecular formula is C29H41Cl4N5O4. The molecule has 8 N–H and O–H groups in total. The van der Waals surface area contributed by atoms with E-state index in [9.17, 15) is 9.59 Å². The molecule has 0 unspecified atom stereocenters. The molecule has 42 heavy (non-hydrogen) atoms. The van der Waals surface area contributed by atoms with Crippen LogP contribution < -0.4 is 17.1 Å². The van der Waals surface area contributed by atoms with Gasteiger partial charge in [0, 0.05) is 59.2 Å². The van der Waals surface area contributed by atoms with Gasteiger partial charge >= 0.3 is 0 Å². The molecule has 0 amide bonds. The average Bonchev–Trinajstić information content (AvgIpc) is 3.51. The summed E-state index contributed by atoms with van der Waals surface area (Å²) in [6, 6.07) is 21.6. The van der Waals surface area contributed by atoms with Crippen molar-refractivity contribution in [2.75, 3.05) is 34.3 Å². The third-order valence-electron chi connectivity index (χ3n) is 5.07. The van der Waals surface area contributed by atoms with Gasteiger partial charge in [-0.15, -0.1) is 12.4 Å². The number of hydrogen-bond acceptors (Lipinski definition) is 8. The number of nitrogens with two attached hydrogens (primary N) is 2. The van der Waals surface area contributed by atoms with Crippen LogP contribution in [-0.4, -0.2) is 67.1 Å².